The molecule has 1 rings (SSSR count). The molecule has 7 heteroatoms. The van der Waals surface area contributed by atoms with Crippen LogP contribution in [0.1, 0.15) is 12.8 Å². The first-order valence-electron chi connectivity index (χ1n) is 5.38. The van der Waals surface area contributed by atoms with Crippen molar-refractivity contribution in [3.05, 3.63) is 0 Å². The zero-order chi connectivity index (χ0) is 12.0. The minimum Gasteiger partial charge on any atom is -0.383 e. The molecule has 0 aromatic heterocycles. The summed E-state index contributed by atoms with van der Waals surface area (Å²) in [6.45, 7) is 1.15. The zero-order valence-corrected chi connectivity index (χ0v) is 10.3. The van der Waals surface area contributed by atoms with Crippen molar-refractivity contribution in [3.8, 4) is 0 Å². The van der Waals surface area contributed by atoms with Gasteiger partial charge in [0.15, 0.2) is 0 Å². The highest BCUT2D eigenvalue weighted by Gasteiger charge is 2.25. The summed E-state index contributed by atoms with van der Waals surface area (Å²) in [6.07, 6.45) is 1.55. The molecule has 16 heavy (non-hydrogen) atoms. The number of nitrogens with two attached hydrogens (primary N) is 1. The maximum absolute atomic E-state index is 11.7. The van der Waals surface area contributed by atoms with E-state index in [9.17, 15) is 8.42 Å². The number of nitrogens with one attached hydrogen (secondary N) is 1. The largest absolute Gasteiger partial charge is 0.383 e. The highest BCUT2D eigenvalue weighted by Crippen LogP contribution is 2.13. The fourth-order valence-electron chi connectivity index (χ4n) is 1.67. The number of sulfonamides is 1. The summed E-state index contributed by atoms with van der Waals surface area (Å²) in [7, 11) is -1.82. The lowest BCUT2D eigenvalue weighted by Crippen LogP contribution is -2.45. The van der Waals surface area contributed by atoms with Crippen LogP contribution in [0.25, 0.3) is 0 Å². The van der Waals surface area contributed by atoms with E-state index in [0.29, 0.717) is 6.61 Å². The average molecular weight is 252 g/mol. The Hall–Kier alpha value is -0.210. The van der Waals surface area contributed by atoms with E-state index in [1.165, 1.54) is 7.11 Å². The summed E-state index contributed by atoms with van der Waals surface area (Å²) >= 11 is 0. The van der Waals surface area contributed by atoms with Gasteiger partial charge >= 0.3 is 0 Å². The van der Waals surface area contributed by atoms with E-state index >= 15 is 0 Å². The summed E-state index contributed by atoms with van der Waals surface area (Å²) in [5.41, 5.74) is 5.44. The van der Waals surface area contributed by atoms with Crippen LogP contribution in [0, 0.1) is 0 Å². The Bertz CT molecular complexity index is 288. The van der Waals surface area contributed by atoms with Crippen molar-refractivity contribution in [2.24, 2.45) is 5.73 Å². The minimum atomic E-state index is -3.33. The number of ether oxygens (including phenoxy) is 2. The van der Waals surface area contributed by atoms with Crippen molar-refractivity contribution >= 4 is 10.0 Å². The van der Waals surface area contributed by atoms with Crippen LogP contribution < -0.4 is 10.5 Å². The van der Waals surface area contributed by atoms with Gasteiger partial charge in [0.2, 0.25) is 10.0 Å². The van der Waals surface area contributed by atoms with Crippen molar-refractivity contribution < 1.29 is 17.9 Å². The lowest BCUT2D eigenvalue weighted by atomic mass is 10.3. The van der Waals surface area contributed by atoms with E-state index < -0.39 is 10.0 Å². The van der Waals surface area contributed by atoms with Crippen molar-refractivity contribution in [1.29, 1.82) is 0 Å². The molecule has 0 aromatic carbocycles. The third-order valence-corrected chi connectivity index (χ3v) is 3.93. The third-order valence-electron chi connectivity index (χ3n) is 2.43. The second kappa shape index (κ2) is 6.51. The van der Waals surface area contributed by atoms with Gasteiger partial charge in [0.1, 0.15) is 0 Å². The van der Waals surface area contributed by atoms with Gasteiger partial charge < -0.3 is 15.2 Å². The number of hydrogen-bond donors (Lipinski definition) is 2. The molecule has 0 saturated carbocycles. The molecule has 0 spiro atoms. The fourth-order valence-corrected chi connectivity index (χ4v) is 3.19. The molecule has 1 aliphatic heterocycles. The standard InChI is InChI=1S/C9H20N2O4S/c1-14-6-8(5-10)11-16(12,13)7-9-3-2-4-15-9/h8-9,11H,2-7,10H2,1H3. The minimum absolute atomic E-state index is 0.00716. The molecule has 2 unspecified atom stereocenters. The van der Waals surface area contributed by atoms with Crippen LogP contribution in [0.3, 0.4) is 0 Å². The first-order chi connectivity index (χ1) is 7.57. The topological polar surface area (TPSA) is 90.6 Å². The number of methoxy groups -OCH3 is 1. The SMILES string of the molecule is COCC(CN)NS(=O)(=O)CC1CCCO1. The van der Waals surface area contributed by atoms with Crippen LogP contribution in [0.2, 0.25) is 0 Å². The van der Waals surface area contributed by atoms with E-state index in [4.69, 9.17) is 15.2 Å². The molecule has 0 bridgehead atoms. The summed E-state index contributed by atoms with van der Waals surface area (Å²) in [4.78, 5) is 0. The molecule has 1 heterocycles. The van der Waals surface area contributed by atoms with Crippen LogP contribution in [0.4, 0.5) is 0 Å². The van der Waals surface area contributed by atoms with E-state index in [1.54, 1.807) is 0 Å². The molecule has 0 aliphatic carbocycles. The van der Waals surface area contributed by atoms with Crippen molar-refractivity contribution in [2.75, 3.05) is 32.6 Å². The summed E-state index contributed by atoms with van der Waals surface area (Å²) in [5.74, 6) is 0.00716. The van der Waals surface area contributed by atoms with Gasteiger partial charge in [-0.2, -0.15) is 0 Å². The van der Waals surface area contributed by atoms with Crippen LogP contribution >= 0.6 is 0 Å². The van der Waals surface area contributed by atoms with Gasteiger partial charge in [-0.1, -0.05) is 0 Å². The number of hydrogen-bond acceptors (Lipinski definition) is 5. The highest BCUT2D eigenvalue weighted by molar-refractivity contribution is 7.89. The maximum Gasteiger partial charge on any atom is 0.214 e. The van der Waals surface area contributed by atoms with E-state index in [-0.39, 0.29) is 31.1 Å². The molecule has 1 aliphatic rings. The Morgan fingerprint density at radius 3 is 2.88 bits per heavy atom. The smallest absolute Gasteiger partial charge is 0.214 e. The number of rotatable bonds is 7. The van der Waals surface area contributed by atoms with Gasteiger partial charge in [-0.05, 0) is 12.8 Å². The monoisotopic (exact) mass is 252 g/mol. The van der Waals surface area contributed by atoms with Crippen molar-refractivity contribution in [2.45, 2.75) is 25.0 Å². The molecular weight excluding hydrogens is 232 g/mol. The molecule has 96 valence electrons. The van der Waals surface area contributed by atoms with E-state index in [1.807, 2.05) is 0 Å². The molecule has 3 N–H and O–H groups in total. The van der Waals surface area contributed by atoms with Gasteiger partial charge in [0.05, 0.1) is 24.5 Å². The predicted molar refractivity (Wildman–Crippen MR) is 60.6 cm³/mol. The Labute approximate surface area is 96.5 Å². The Morgan fingerprint density at radius 1 is 1.62 bits per heavy atom. The fraction of sp³-hybridized carbons (Fsp3) is 1.00. The first kappa shape index (κ1) is 13.9. The molecule has 0 aromatic rings. The summed E-state index contributed by atoms with van der Waals surface area (Å²) in [6, 6.07) is -0.364. The normalized spacial score (nSPS) is 23.5. The van der Waals surface area contributed by atoms with Crippen molar-refractivity contribution in [1.82, 2.24) is 4.72 Å². The molecule has 0 radical (unpaired) electrons. The van der Waals surface area contributed by atoms with Gasteiger partial charge in [0.25, 0.3) is 0 Å². The van der Waals surface area contributed by atoms with E-state index in [2.05, 4.69) is 4.72 Å². The molecule has 6 nitrogen and oxygen atoms in total. The van der Waals surface area contributed by atoms with E-state index in [0.717, 1.165) is 12.8 Å². The summed E-state index contributed by atoms with van der Waals surface area (Å²) in [5, 5.41) is 0. The second-order valence-corrected chi connectivity index (χ2v) is 5.72. The lowest BCUT2D eigenvalue weighted by Gasteiger charge is -2.17. The molecular formula is C9H20N2O4S. The van der Waals surface area contributed by atoms with Crippen LogP contribution in [0.5, 0.6) is 0 Å². The van der Waals surface area contributed by atoms with Crippen LogP contribution in [-0.4, -0.2) is 53.2 Å². The van der Waals surface area contributed by atoms with Gasteiger partial charge in [-0.25, -0.2) is 13.1 Å². The Morgan fingerprint density at radius 2 is 2.38 bits per heavy atom. The molecule has 1 fully saturated rings. The summed E-state index contributed by atoms with van der Waals surface area (Å²) < 4.78 is 36.1. The third kappa shape index (κ3) is 4.75. The van der Waals surface area contributed by atoms with Crippen molar-refractivity contribution in [3.63, 3.8) is 0 Å². The molecule has 2 atom stereocenters. The zero-order valence-electron chi connectivity index (χ0n) is 9.52. The van der Waals surface area contributed by atoms with Crippen LogP contribution in [-0.2, 0) is 19.5 Å². The lowest BCUT2D eigenvalue weighted by molar-refractivity contribution is 0.127. The second-order valence-electron chi connectivity index (χ2n) is 3.92. The first-order valence-corrected chi connectivity index (χ1v) is 7.03. The van der Waals surface area contributed by atoms with Crippen LogP contribution in [0.15, 0.2) is 0 Å². The van der Waals surface area contributed by atoms with Gasteiger partial charge in [-0.3, -0.25) is 0 Å². The highest BCUT2D eigenvalue weighted by atomic mass is 32.2. The van der Waals surface area contributed by atoms with Gasteiger partial charge in [0, 0.05) is 20.3 Å². The quantitative estimate of drug-likeness (QED) is 0.610. The average Bonchev–Trinajstić information content (AvgIpc) is 2.68. The maximum atomic E-state index is 11.7. The predicted octanol–water partition coefficient (Wildman–Crippen LogP) is -0.941. The van der Waals surface area contributed by atoms with Gasteiger partial charge in [-0.15, -0.1) is 0 Å². The Balaban J connectivity index is 2.42. The molecule has 1 saturated heterocycles. The Kier molecular flexibility index (Phi) is 5.63. The molecule has 0 amide bonds.